The number of carbonyl (C=O) groups excluding carboxylic acids is 1. The first-order valence-corrected chi connectivity index (χ1v) is 4.57. The summed E-state index contributed by atoms with van der Waals surface area (Å²) < 4.78 is 0. The SMILES string of the molecule is CC1(C)CCNC(=O)c2c[nH]cc21. The lowest BCUT2D eigenvalue weighted by Crippen LogP contribution is -2.23. The average Bonchev–Trinajstić information content (AvgIpc) is 2.48. The number of carbonyl (C=O) groups is 1. The molecule has 0 saturated carbocycles. The van der Waals surface area contributed by atoms with Crippen molar-refractivity contribution >= 4 is 5.91 Å². The minimum atomic E-state index is 0.0434. The van der Waals surface area contributed by atoms with Crippen LogP contribution in [-0.4, -0.2) is 17.4 Å². The molecule has 1 aromatic heterocycles. The lowest BCUT2D eigenvalue weighted by molar-refractivity contribution is 0.0956. The molecule has 0 unspecified atom stereocenters. The summed E-state index contributed by atoms with van der Waals surface area (Å²) in [6, 6.07) is 0. The summed E-state index contributed by atoms with van der Waals surface area (Å²) in [5.74, 6) is 0.0434. The zero-order valence-corrected chi connectivity index (χ0v) is 7.98. The van der Waals surface area contributed by atoms with E-state index in [9.17, 15) is 4.79 Å². The molecule has 1 aliphatic heterocycles. The normalized spacial score (nSPS) is 20.3. The van der Waals surface area contributed by atoms with Gasteiger partial charge in [0.2, 0.25) is 0 Å². The largest absolute Gasteiger partial charge is 0.367 e. The van der Waals surface area contributed by atoms with Crippen molar-refractivity contribution in [3.63, 3.8) is 0 Å². The number of aromatic amines is 1. The van der Waals surface area contributed by atoms with E-state index in [0.717, 1.165) is 24.1 Å². The number of hydrogen-bond acceptors (Lipinski definition) is 1. The summed E-state index contributed by atoms with van der Waals surface area (Å²) in [6.45, 7) is 5.10. The van der Waals surface area contributed by atoms with E-state index in [4.69, 9.17) is 0 Å². The summed E-state index contributed by atoms with van der Waals surface area (Å²) in [5.41, 5.74) is 2.01. The maximum Gasteiger partial charge on any atom is 0.253 e. The highest BCUT2D eigenvalue weighted by Crippen LogP contribution is 2.31. The van der Waals surface area contributed by atoms with E-state index < -0.39 is 0 Å². The van der Waals surface area contributed by atoms with Gasteiger partial charge in [0, 0.05) is 18.9 Å². The maximum absolute atomic E-state index is 11.5. The van der Waals surface area contributed by atoms with Crippen LogP contribution in [0.1, 0.15) is 36.2 Å². The molecule has 2 N–H and O–H groups in total. The van der Waals surface area contributed by atoms with Crippen molar-refractivity contribution < 1.29 is 4.79 Å². The number of aromatic nitrogens is 1. The van der Waals surface area contributed by atoms with Gasteiger partial charge in [-0.1, -0.05) is 13.8 Å². The van der Waals surface area contributed by atoms with E-state index in [0.29, 0.717) is 0 Å². The third-order valence-corrected chi connectivity index (χ3v) is 2.75. The molecule has 3 heteroatoms. The van der Waals surface area contributed by atoms with Crippen molar-refractivity contribution in [1.29, 1.82) is 0 Å². The van der Waals surface area contributed by atoms with Crippen LogP contribution in [-0.2, 0) is 5.41 Å². The molecule has 3 nitrogen and oxygen atoms in total. The lowest BCUT2D eigenvalue weighted by atomic mass is 9.82. The second-order valence-electron chi connectivity index (χ2n) is 4.17. The molecule has 1 amide bonds. The molecule has 0 atom stereocenters. The molecule has 1 aliphatic rings. The molecule has 0 bridgehead atoms. The summed E-state index contributed by atoms with van der Waals surface area (Å²) in [7, 11) is 0. The number of hydrogen-bond donors (Lipinski definition) is 2. The Hall–Kier alpha value is -1.25. The zero-order chi connectivity index (χ0) is 9.47. The second kappa shape index (κ2) is 2.62. The molecule has 0 spiro atoms. The van der Waals surface area contributed by atoms with Crippen molar-refractivity contribution in [1.82, 2.24) is 10.3 Å². The first kappa shape index (κ1) is 8.35. The smallest absolute Gasteiger partial charge is 0.253 e. The van der Waals surface area contributed by atoms with Gasteiger partial charge in [0.05, 0.1) is 5.56 Å². The Morgan fingerprint density at radius 3 is 2.92 bits per heavy atom. The van der Waals surface area contributed by atoms with Crippen LogP contribution >= 0.6 is 0 Å². The Bertz CT molecular complexity index is 338. The maximum atomic E-state index is 11.5. The predicted molar refractivity (Wildman–Crippen MR) is 50.8 cm³/mol. The predicted octanol–water partition coefficient (Wildman–Crippen LogP) is 1.43. The zero-order valence-electron chi connectivity index (χ0n) is 7.98. The molecule has 0 aliphatic carbocycles. The first-order valence-electron chi connectivity index (χ1n) is 4.57. The highest BCUT2D eigenvalue weighted by atomic mass is 16.1. The van der Waals surface area contributed by atoms with Crippen LogP contribution in [0, 0.1) is 0 Å². The topological polar surface area (TPSA) is 44.9 Å². The molecule has 0 radical (unpaired) electrons. The molecule has 0 saturated heterocycles. The fourth-order valence-electron chi connectivity index (χ4n) is 1.83. The van der Waals surface area contributed by atoms with Crippen LogP contribution in [0.2, 0.25) is 0 Å². The molecule has 0 aromatic carbocycles. The van der Waals surface area contributed by atoms with Gasteiger partial charge in [-0.2, -0.15) is 0 Å². The van der Waals surface area contributed by atoms with Crippen molar-refractivity contribution in [2.75, 3.05) is 6.54 Å². The van der Waals surface area contributed by atoms with Gasteiger partial charge in [0.25, 0.3) is 5.91 Å². The van der Waals surface area contributed by atoms with Crippen LogP contribution in [0.25, 0.3) is 0 Å². The Labute approximate surface area is 77.5 Å². The van der Waals surface area contributed by atoms with Crippen molar-refractivity contribution in [2.24, 2.45) is 0 Å². The van der Waals surface area contributed by atoms with E-state index in [1.165, 1.54) is 0 Å². The van der Waals surface area contributed by atoms with Gasteiger partial charge in [-0.3, -0.25) is 4.79 Å². The Balaban J connectivity index is 2.53. The summed E-state index contributed by atoms with van der Waals surface area (Å²) in [6.07, 6.45) is 4.70. The van der Waals surface area contributed by atoms with Gasteiger partial charge in [0.1, 0.15) is 0 Å². The molecule has 13 heavy (non-hydrogen) atoms. The van der Waals surface area contributed by atoms with Crippen LogP contribution in [0.15, 0.2) is 12.4 Å². The van der Waals surface area contributed by atoms with Crippen LogP contribution in [0.4, 0.5) is 0 Å². The second-order valence-corrected chi connectivity index (χ2v) is 4.17. The molecule has 1 aromatic rings. The van der Waals surface area contributed by atoms with Crippen molar-refractivity contribution in [3.8, 4) is 0 Å². The summed E-state index contributed by atoms with van der Waals surface area (Å²) in [5, 5.41) is 2.88. The molecule has 70 valence electrons. The minimum Gasteiger partial charge on any atom is -0.367 e. The number of amides is 1. The van der Waals surface area contributed by atoms with Crippen molar-refractivity contribution in [3.05, 3.63) is 23.5 Å². The number of nitrogens with one attached hydrogen (secondary N) is 2. The van der Waals surface area contributed by atoms with Crippen molar-refractivity contribution in [2.45, 2.75) is 25.7 Å². The Morgan fingerprint density at radius 2 is 2.15 bits per heavy atom. The molecule has 2 heterocycles. The van der Waals surface area contributed by atoms with Gasteiger partial charge in [0.15, 0.2) is 0 Å². The van der Waals surface area contributed by atoms with Gasteiger partial charge in [-0.15, -0.1) is 0 Å². The van der Waals surface area contributed by atoms with Gasteiger partial charge >= 0.3 is 0 Å². The van der Waals surface area contributed by atoms with Gasteiger partial charge in [-0.05, 0) is 17.4 Å². The van der Waals surface area contributed by atoms with Crippen LogP contribution < -0.4 is 5.32 Å². The Morgan fingerprint density at radius 1 is 1.38 bits per heavy atom. The fraction of sp³-hybridized carbons (Fsp3) is 0.500. The highest BCUT2D eigenvalue weighted by molar-refractivity contribution is 5.96. The van der Waals surface area contributed by atoms with Crippen LogP contribution in [0.5, 0.6) is 0 Å². The monoisotopic (exact) mass is 178 g/mol. The van der Waals surface area contributed by atoms with Crippen LogP contribution in [0.3, 0.4) is 0 Å². The van der Waals surface area contributed by atoms with Gasteiger partial charge in [-0.25, -0.2) is 0 Å². The van der Waals surface area contributed by atoms with E-state index in [1.807, 2.05) is 6.20 Å². The van der Waals surface area contributed by atoms with Gasteiger partial charge < -0.3 is 10.3 Å². The number of fused-ring (bicyclic) bond motifs is 1. The third kappa shape index (κ3) is 1.24. The molecular formula is C10H14N2O. The molecule has 0 fully saturated rings. The third-order valence-electron chi connectivity index (χ3n) is 2.75. The quantitative estimate of drug-likeness (QED) is 0.620. The molecule has 2 rings (SSSR count). The van der Waals surface area contributed by atoms with E-state index in [-0.39, 0.29) is 11.3 Å². The summed E-state index contributed by atoms with van der Waals surface area (Å²) in [4.78, 5) is 14.5. The van der Waals surface area contributed by atoms with E-state index in [1.54, 1.807) is 6.20 Å². The average molecular weight is 178 g/mol. The Kier molecular flexibility index (Phi) is 1.68. The standard InChI is InChI=1S/C10H14N2O/c1-10(2)3-4-12-9(13)7-5-11-6-8(7)10/h5-6,11H,3-4H2,1-2H3,(H,12,13). The van der Waals surface area contributed by atoms with E-state index in [2.05, 4.69) is 24.1 Å². The fourth-order valence-corrected chi connectivity index (χ4v) is 1.83. The summed E-state index contributed by atoms with van der Waals surface area (Å²) >= 11 is 0. The highest BCUT2D eigenvalue weighted by Gasteiger charge is 2.29. The number of rotatable bonds is 0. The minimum absolute atomic E-state index is 0.0434. The number of H-pyrrole nitrogens is 1. The van der Waals surface area contributed by atoms with E-state index >= 15 is 0 Å². The lowest BCUT2D eigenvalue weighted by Gasteiger charge is -2.21. The molecular weight excluding hydrogens is 164 g/mol. The first-order chi connectivity index (χ1) is 6.11.